The summed E-state index contributed by atoms with van der Waals surface area (Å²) in [7, 11) is 0. The fourth-order valence-electron chi connectivity index (χ4n) is 5.93. The molecule has 0 aliphatic rings. The van der Waals surface area contributed by atoms with E-state index in [0.29, 0.717) is 11.1 Å². The minimum atomic E-state index is 0.626. The van der Waals surface area contributed by atoms with Gasteiger partial charge in [-0.1, -0.05) is 140 Å². The second kappa shape index (κ2) is 12.6. The summed E-state index contributed by atoms with van der Waals surface area (Å²) >= 11 is 0. The van der Waals surface area contributed by atoms with E-state index in [4.69, 9.17) is 0 Å². The van der Waals surface area contributed by atoms with Crippen LogP contribution in [-0.4, -0.2) is 0 Å². The van der Waals surface area contributed by atoms with Gasteiger partial charge in [-0.05, 0) is 97.1 Å². The lowest BCUT2D eigenvalue weighted by Gasteiger charge is -2.11. The van der Waals surface area contributed by atoms with E-state index in [1.807, 2.05) is 60.7 Å². The molecule has 0 bridgehead atoms. The van der Waals surface area contributed by atoms with Gasteiger partial charge in [0.2, 0.25) is 0 Å². The number of hydrogen-bond acceptors (Lipinski definition) is 2. The molecule has 0 amide bonds. The Kier molecular flexibility index (Phi) is 7.77. The Morgan fingerprint density at radius 3 is 1.26 bits per heavy atom. The van der Waals surface area contributed by atoms with Gasteiger partial charge in [0.1, 0.15) is 0 Å². The molecule has 0 atom stereocenters. The molecule has 0 aliphatic heterocycles. The van der Waals surface area contributed by atoms with Crippen molar-refractivity contribution in [2.24, 2.45) is 0 Å². The SMILES string of the molecule is N#Cc1cc(-c2ccc(-c3ccccc3)cc2)cc(-c2cccc(-c3ccc(-c4ccc(-c5ccccc5)cc4C#N)cc3)c2)c1. The molecule has 0 heterocycles. The summed E-state index contributed by atoms with van der Waals surface area (Å²) < 4.78 is 0. The van der Waals surface area contributed by atoms with E-state index in [9.17, 15) is 10.5 Å². The molecule has 0 unspecified atom stereocenters. The van der Waals surface area contributed by atoms with E-state index in [-0.39, 0.29) is 0 Å². The standard InChI is InChI=1S/C44H28N2/c45-29-31-24-41(36-16-14-34(15-17-36)32-8-3-1-4-9-32)28-42(25-31)39-13-7-12-38(26-39)35-18-20-37(21-19-35)44-23-22-40(27-43(44)30-46)33-10-5-2-6-11-33/h1-28H. The van der Waals surface area contributed by atoms with Crippen LogP contribution < -0.4 is 0 Å². The summed E-state index contributed by atoms with van der Waals surface area (Å²) in [5.74, 6) is 0. The Morgan fingerprint density at radius 1 is 0.283 bits per heavy atom. The Balaban J connectivity index is 1.17. The Bertz CT molecular complexity index is 2230. The van der Waals surface area contributed by atoms with Crippen LogP contribution in [0, 0.1) is 22.7 Å². The van der Waals surface area contributed by atoms with Gasteiger partial charge in [-0.25, -0.2) is 0 Å². The lowest BCUT2D eigenvalue weighted by Crippen LogP contribution is -1.88. The maximum absolute atomic E-state index is 9.94. The van der Waals surface area contributed by atoms with Gasteiger partial charge < -0.3 is 0 Å². The summed E-state index contributed by atoms with van der Waals surface area (Å²) in [5, 5.41) is 19.8. The molecule has 0 fully saturated rings. The molecule has 7 rings (SSSR count). The first kappa shape index (κ1) is 28.3. The van der Waals surface area contributed by atoms with Gasteiger partial charge in [0.25, 0.3) is 0 Å². The molecule has 0 aromatic heterocycles. The zero-order chi connectivity index (χ0) is 31.3. The van der Waals surface area contributed by atoms with Crippen molar-refractivity contribution in [3.63, 3.8) is 0 Å². The van der Waals surface area contributed by atoms with Crippen molar-refractivity contribution in [1.82, 2.24) is 0 Å². The van der Waals surface area contributed by atoms with Crippen LogP contribution >= 0.6 is 0 Å². The van der Waals surface area contributed by atoms with Crippen molar-refractivity contribution in [3.05, 3.63) is 181 Å². The molecule has 2 heteroatoms. The average molecular weight is 585 g/mol. The molecular formula is C44H28N2. The van der Waals surface area contributed by atoms with Crippen molar-refractivity contribution in [1.29, 1.82) is 10.5 Å². The minimum Gasteiger partial charge on any atom is -0.192 e. The molecule has 2 nitrogen and oxygen atoms in total. The highest BCUT2D eigenvalue weighted by Crippen LogP contribution is 2.34. The molecule has 46 heavy (non-hydrogen) atoms. The van der Waals surface area contributed by atoms with Gasteiger partial charge in [0, 0.05) is 0 Å². The summed E-state index contributed by atoms with van der Waals surface area (Å²) in [4.78, 5) is 0. The number of nitrogens with zero attached hydrogens (tertiary/aromatic N) is 2. The summed E-state index contributed by atoms with van der Waals surface area (Å²) in [6.07, 6.45) is 0. The van der Waals surface area contributed by atoms with Crippen molar-refractivity contribution in [2.45, 2.75) is 0 Å². The smallest absolute Gasteiger partial charge is 0.0998 e. The Hall–Kier alpha value is -6.48. The first-order valence-corrected chi connectivity index (χ1v) is 15.2. The normalized spacial score (nSPS) is 10.6. The zero-order valence-corrected chi connectivity index (χ0v) is 25.1. The van der Waals surface area contributed by atoms with Crippen molar-refractivity contribution >= 4 is 0 Å². The third kappa shape index (κ3) is 5.85. The molecule has 7 aromatic carbocycles. The fraction of sp³-hybridized carbons (Fsp3) is 0. The van der Waals surface area contributed by atoms with Gasteiger partial charge >= 0.3 is 0 Å². The van der Waals surface area contributed by atoms with Gasteiger partial charge in [-0.15, -0.1) is 0 Å². The number of benzene rings is 7. The van der Waals surface area contributed by atoms with E-state index >= 15 is 0 Å². The third-order valence-electron chi connectivity index (χ3n) is 8.36. The maximum atomic E-state index is 9.94. The van der Waals surface area contributed by atoms with Crippen LogP contribution in [0.3, 0.4) is 0 Å². The minimum absolute atomic E-state index is 0.626. The molecule has 0 saturated heterocycles. The monoisotopic (exact) mass is 584 g/mol. The van der Waals surface area contributed by atoms with Crippen molar-refractivity contribution in [2.75, 3.05) is 0 Å². The quantitative estimate of drug-likeness (QED) is 0.195. The highest BCUT2D eigenvalue weighted by atomic mass is 14.3. The van der Waals surface area contributed by atoms with Crippen LogP contribution in [0.4, 0.5) is 0 Å². The summed E-state index contributed by atoms with van der Waals surface area (Å²) in [6.45, 7) is 0. The van der Waals surface area contributed by atoms with Crippen LogP contribution in [0.15, 0.2) is 170 Å². The summed E-state index contributed by atoms with van der Waals surface area (Å²) in [5.41, 5.74) is 13.9. The highest BCUT2D eigenvalue weighted by molar-refractivity contribution is 5.81. The van der Waals surface area contributed by atoms with Crippen LogP contribution in [0.2, 0.25) is 0 Å². The van der Waals surface area contributed by atoms with Crippen LogP contribution in [0.25, 0.3) is 66.8 Å². The van der Waals surface area contributed by atoms with Crippen LogP contribution in [0.1, 0.15) is 11.1 Å². The first-order valence-electron chi connectivity index (χ1n) is 15.2. The second-order valence-electron chi connectivity index (χ2n) is 11.3. The number of hydrogen-bond donors (Lipinski definition) is 0. The van der Waals surface area contributed by atoms with E-state index < -0.39 is 0 Å². The zero-order valence-electron chi connectivity index (χ0n) is 25.1. The molecule has 7 aromatic rings. The largest absolute Gasteiger partial charge is 0.192 e. The molecule has 0 saturated carbocycles. The number of rotatable bonds is 6. The molecule has 214 valence electrons. The van der Waals surface area contributed by atoms with E-state index in [2.05, 4.69) is 121 Å². The number of nitriles is 2. The van der Waals surface area contributed by atoms with Crippen molar-refractivity contribution in [3.8, 4) is 78.9 Å². The average Bonchev–Trinajstić information content (AvgIpc) is 3.15. The Morgan fingerprint density at radius 2 is 0.674 bits per heavy atom. The van der Waals surface area contributed by atoms with Gasteiger partial charge in [0.05, 0.1) is 23.3 Å². The molecule has 0 radical (unpaired) electrons. The second-order valence-corrected chi connectivity index (χ2v) is 11.3. The molecule has 0 N–H and O–H groups in total. The maximum Gasteiger partial charge on any atom is 0.0998 e. The predicted molar refractivity (Wildman–Crippen MR) is 188 cm³/mol. The lowest BCUT2D eigenvalue weighted by molar-refractivity contribution is 1.47. The van der Waals surface area contributed by atoms with E-state index in [0.717, 1.165) is 61.2 Å². The fourth-order valence-corrected chi connectivity index (χ4v) is 5.93. The lowest BCUT2D eigenvalue weighted by atomic mass is 9.92. The van der Waals surface area contributed by atoms with E-state index in [1.165, 1.54) is 5.56 Å². The predicted octanol–water partition coefficient (Wildman–Crippen LogP) is 11.4. The van der Waals surface area contributed by atoms with Gasteiger partial charge in [-0.3, -0.25) is 0 Å². The van der Waals surface area contributed by atoms with Gasteiger partial charge in [-0.2, -0.15) is 10.5 Å². The Labute approximate surface area is 269 Å². The first-order chi connectivity index (χ1) is 22.7. The van der Waals surface area contributed by atoms with Crippen LogP contribution in [-0.2, 0) is 0 Å². The topological polar surface area (TPSA) is 47.6 Å². The third-order valence-corrected chi connectivity index (χ3v) is 8.36. The van der Waals surface area contributed by atoms with E-state index in [1.54, 1.807) is 0 Å². The van der Waals surface area contributed by atoms with Crippen LogP contribution in [0.5, 0.6) is 0 Å². The molecule has 0 aliphatic carbocycles. The van der Waals surface area contributed by atoms with Crippen molar-refractivity contribution < 1.29 is 0 Å². The molecular weight excluding hydrogens is 556 g/mol. The highest BCUT2D eigenvalue weighted by Gasteiger charge is 2.10. The molecule has 0 spiro atoms. The van der Waals surface area contributed by atoms with Gasteiger partial charge in [0.15, 0.2) is 0 Å². The summed E-state index contributed by atoms with van der Waals surface area (Å²) in [6, 6.07) is 62.6.